The predicted octanol–water partition coefficient (Wildman–Crippen LogP) is 1.86. The van der Waals surface area contributed by atoms with Crippen molar-refractivity contribution in [1.82, 2.24) is 4.31 Å². The number of piperidine rings is 1. The highest BCUT2D eigenvalue weighted by Gasteiger charge is 2.36. The maximum absolute atomic E-state index is 12.9. The molecule has 2 N–H and O–H groups in total. The fourth-order valence-electron chi connectivity index (χ4n) is 2.85. The van der Waals surface area contributed by atoms with Crippen molar-refractivity contribution in [3.8, 4) is 0 Å². The van der Waals surface area contributed by atoms with Crippen LogP contribution in [0.4, 0.5) is 4.39 Å². The van der Waals surface area contributed by atoms with Gasteiger partial charge in [0.1, 0.15) is 5.82 Å². The van der Waals surface area contributed by atoms with Gasteiger partial charge in [0, 0.05) is 18.6 Å². The zero-order valence-electron chi connectivity index (χ0n) is 11.6. The van der Waals surface area contributed by atoms with E-state index in [2.05, 4.69) is 0 Å². The second-order valence-corrected chi connectivity index (χ2v) is 7.26. The van der Waals surface area contributed by atoms with Crippen molar-refractivity contribution in [1.29, 1.82) is 0 Å². The van der Waals surface area contributed by atoms with E-state index in [9.17, 15) is 12.8 Å². The first kappa shape index (κ1) is 15.4. The average molecular weight is 300 g/mol. The predicted molar refractivity (Wildman–Crippen MR) is 77.0 cm³/mol. The molecule has 6 heteroatoms. The largest absolute Gasteiger partial charge is 0.329 e. The summed E-state index contributed by atoms with van der Waals surface area (Å²) in [4.78, 5) is 0. The van der Waals surface area contributed by atoms with Gasteiger partial charge in [-0.05, 0) is 37.5 Å². The van der Waals surface area contributed by atoms with Gasteiger partial charge in [-0.15, -0.1) is 0 Å². The number of nitrogens with two attached hydrogens (primary N) is 1. The Balaban J connectivity index is 2.21. The summed E-state index contributed by atoms with van der Waals surface area (Å²) in [6, 6.07) is 5.44. The molecule has 4 nitrogen and oxygen atoms in total. The van der Waals surface area contributed by atoms with E-state index in [0.717, 1.165) is 19.3 Å². The lowest BCUT2D eigenvalue weighted by Gasteiger charge is -2.39. The minimum Gasteiger partial charge on any atom is -0.329 e. The summed E-state index contributed by atoms with van der Waals surface area (Å²) >= 11 is 0. The van der Waals surface area contributed by atoms with E-state index in [1.807, 2.05) is 6.92 Å². The molecule has 0 aliphatic carbocycles. The van der Waals surface area contributed by atoms with Crippen LogP contribution in [0.15, 0.2) is 24.3 Å². The van der Waals surface area contributed by atoms with E-state index >= 15 is 0 Å². The Morgan fingerprint density at radius 1 is 1.30 bits per heavy atom. The summed E-state index contributed by atoms with van der Waals surface area (Å²) in [6.45, 7) is 2.26. The number of nitrogens with zero attached hydrogens (tertiary/aromatic N) is 1. The molecule has 1 aromatic carbocycles. The van der Waals surface area contributed by atoms with Gasteiger partial charge < -0.3 is 5.73 Å². The number of rotatable bonds is 4. The van der Waals surface area contributed by atoms with Crippen molar-refractivity contribution >= 4 is 10.0 Å². The van der Waals surface area contributed by atoms with Crippen molar-refractivity contribution in [3.05, 3.63) is 35.6 Å². The molecular weight excluding hydrogens is 279 g/mol. The van der Waals surface area contributed by atoms with E-state index in [4.69, 9.17) is 5.73 Å². The molecule has 1 aliphatic rings. The third-order valence-electron chi connectivity index (χ3n) is 3.81. The van der Waals surface area contributed by atoms with Gasteiger partial charge in [0.05, 0.1) is 5.75 Å². The van der Waals surface area contributed by atoms with Crippen LogP contribution in [0.5, 0.6) is 0 Å². The maximum Gasteiger partial charge on any atom is 0.218 e. The van der Waals surface area contributed by atoms with Crippen molar-refractivity contribution in [2.24, 2.45) is 5.73 Å². The number of benzene rings is 1. The zero-order valence-corrected chi connectivity index (χ0v) is 12.4. The number of sulfonamides is 1. The topological polar surface area (TPSA) is 63.4 Å². The molecule has 2 atom stereocenters. The van der Waals surface area contributed by atoms with E-state index in [1.54, 1.807) is 4.31 Å². The maximum atomic E-state index is 12.9. The number of hydrogen-bond donors (Lipinski definition) is 1. The molecular formula is C14H21FN2O2S. The summed E-state index contributed by atoms with van der Waals surface area (Å²) in [5.41, 5.74) is 6.31. The van der Waals surface area contributed by atoms with Gasteiger partial charge in [-0.3, -0.25) is 0 Å². The molecule has 2 unspecified atom stereocenters. The molecule has 1 heterocycles. The monoisotopic (exact) mass is 300 g/mol. The van der Waals surface area contributed by atoms with E-state index in [-0.39, 0.29) is 23.7 Å². The zero-order chi connectivity index (χ0) is 14.8. The van der Waals surface area contributed by atoms with Gasteiger partial charge in [0.25, 0.3) is 0 Å². The van der Waals surface area contributed by atoms with E-state index < -0.39 is 10.0 Å². The second kappa shape index (κ2) is 6.20. The van der Waals surface area contributed by atoms with Crippen LogP contribution in [0.25, 0.3) is 0 Å². The molecule has 2 rings (SSSR count). The second-order valence-electron chi connectivity index (χ2n) is 5.38. The van der Waals surface area contributed by atoms with Gasteiger partial charge in [-0.2, -0.15) is 4.31 Å². The molecule has 1 aliphatic heterocycles. The van der Waals surface area contributed by atoms with Gasteiger partial charge in [-0.1, -0.05) is 18.6 Å². The first-order valence-corrected chi connectivity index (χ1v) is 8.50. The summed E-state index contributed by atoms with van der Waals surface area (Å²) in [5.74, 6) is -0.467. The highest BCUT2D eigenvalue weighted by Crippen LogP contribution is 2.27. The average Bonchev–Trinajstić information content (AvgIpc) is 2.40. The Morgan fingerprint density at radius 3 is 2.55 bits per heavy atom. The van der Waals surface area contributed by atoms with Crippen LogP contribution in [0.2, 0.25) is 0 Å². The van der Waals surface area contributed by atoms with Crippen molar-refractivity contribution < 1.29 is 12.8 Å². The molecule has 0 aromatic heterocycles. The summed E-state index contributed by atoms with van der Waals surface area (Å²) < 4.78 is 39.6. The Kier molecular flexibility index (Phi) is 4.78. The summed E-state index contributed by atoms with van der Waals surface area (Å²) in [7, 11) is -3.43. The Labute approximate surface area is 119 Å². The molecule has 20 heavy (non-hydrogen) atoms. The highest BCUT2D eigenvalue weighted by molar-refractivity contribution is 7.88. The van der Waals surface area contributed by atoms with Crippen molar-refractivity contribution in [3.63, 3.8) is 0 Å². The molecule has 0 amide bonds. The van der Waals surface area contributed by atoms with Gasteiger partial charge >= 0.3 is 0 Å². The van der Waals surface area contributed by atoms with Crippen LogP contribution >= 0.6 is 0 Å². The molecule has 1 aromatic rings. The number of halogens is 1. The molecule has 0 radical (unpaired) electrons. The Morgan fingerprint density at radius 2 is 1.95 bits per heavy atom. The molecule has 0 saturated carbocycles. The van der Waals surface area contributed by atoms with Crippen LogP contribution in [0.3, 0.4) is 0 Å². The van der Waals surface area contributed by atoms with Gasteiger partial charge in [0.2, 0.25) is 10.0 Å². The third-order valence-corrected chi connectivity index (χ3v) is 5.81. The Hall–Kier alpha value is -0.980. The van der Waals surface area contributed by atoms with E-state index in [0.29, 0.717) is 12.1 Å². The quantitative estimate of drug-likeness (QED) is 0.923. The minimum absolute atomic E-state index is 0.0252. The fraction of sp³-hybridized carbons (Fsp3) is 0.571. The fourth-order valence-corrected chi connectivity index (χ4v) is 4.91. The van der Waals surface area contributed by atoms with Gasteiger partial charge in [0.15, 0.2) is 0 Å². The van der Waals surface area contributed by atoms with E-state index in [1.165, 1.54) is 24.3 Å². The Bertz CT molecular complexity index is 545. The van der Waals surface area contributed by atoms with Gasteiger partial charge in [-0.25, -0.2) is 12.8 Å². The molecule has 1 fully saturated rings. The molecule has 1 saturated heterocycles. The van der Waals surface area contributed by atoms with Crippen molar-refractivity contribution in [2.75, 3.05) is 6.54 Å². The minimum atomic E-state index is -3.43. The number of hydrogen-bond acceptors (Lipinski definition) is 3. The summed E-state index contributed by atoms with van der Waals surface area (Å²) in [5, 5.41) is 0. The first-order valence-electron chi connectivity index (χ1n) is 6.90. The SMILES string of the molecule is CC1CCCC(CN)N1S(=O)(=O)Cc1ccc(F)cc1. The lowest BCUT2D eigenvalue weighted by Crippen LogP contribution is -2.52. The standard InChI is InChI=1S/C14H21FN2O2S/c1-11-3-2-4-14(9-16)17(11)20(18,19)10-12-5-7-13(15)8-6-12/h5-8,11,14H,2-4,9-10,16H2,1H3. The van der Waals surface area contributed by atoms with Crippen LogP contribution < -0.4 is 5.73 Å². The van der Waals surface area contributed by atoms with Crippen LogP contribution in [-0.4, -0.2) is 31.4 Å². The van der Waals surface area contributed by atoms with Crippen LogP contribution in [0.1, 0.15) is 31.7 Å². The molecule has 112 valence electrons. The smallest absolute Gasteiger partial charge is 0.218 e. The summed E-state index contributed by atoms with van der Waals surface area (Å²) in [6.07, 6.45) is 2.67. The lowest BCUT2D eigenvalue weighted by atomic mass is 10.00. The van der Waals surface area contributed by atoms with Crippen LogP contribution in [0, 0.1) is 5.82 Å². The lowest BCUT2D eigenvalue weighted by molar-refractivity contribution is 0.195. The molecule has 0 bridgehead atoms. The molecule has 0 spiro atoms. The third kappa shape index (κ3) is 3.37. The first-order chi connectivity index (χ1) is 9.44. The van der Waals surface area contributed by atoms with Crippen LogP contribution in [-0.2, 0) is 15.8 Å². The van der Waals surface area contributed by atoms with Crippen molar-refractivity contribution in [2.45, 2.75) is 44.0 Å². The highest BCUT2D eigenvalue weighted by atomic mass is 32.2. The normalized spacial score (nSPS) is 24.8.